The van der Waals surface area contributed by atoms with Crippen molar-refractivity contribution in [2.45, 2.75) is 19.3 Å². The summed E-state index contributed by atoms with van der Waals surface area (Å²) in [5.74, 6) is 1.54. The van der Waals surface area contributed by atoms with Crippen LogP contribution in [0.25, 0.3) is 0 Å². The molecule has 6 heteroatoms. The van der Waals surface area contributed by atoms with E-state index in [9.17, 15) is 9.59 Å². The van der Waals surface area contributed by atoms with Crippen LogP contribution >= 0.6 is 23.2 Å². The average Bonchev–Trinajstić information content (AvgIpc) is 3.32. The predicted octanol–water partition coefficient (Wildman–Crippen LogP) is 5.32. The van der Waals surface area contributed by atoms with Gasteiger partial charge in [-0.3, -0.25) is 14.5 Å². The molecular weight excluding hydrogens is 385 g/mol. The first-order valence-corrected chi connectivity index (χ1v) is 9.89. The number of nitrogens with zero attached hydrogens (tertiary/aromatic N) is 1. The second-order valence-corrected chi connectivity index (χ2v) is 8.41. The van der Waals surface area contributed by atoms with Gasteiger partial charge >= 0.3 is 0 Å². The van der Waals surface area contributed by atoms with Crippen LogP contribution in [0, 0.1) is 23.7 Å². The van der Waals surface area contributed by atoms with Gasteiger partial charge in [0.05, 0.1) is 22.5 Å². The highest BCUT2D eigenvalue weighted by atomic mass is 35.5. The maximum absolute atomic E-state index is 12.9. The van der Waals surface area contributed by atoms with Crippen molar-refractivity contribution in [3.8, 4) is 11.5 Å². The number of anilines is 1. The summed E-state index contributed by atoms with van der Waals surface area (Å²) in [5, 5.41) is 0.952. The summed E-state index contributed by atoms with van der Waals surface area (Å²) in [6.07, 6.45) is 3.19. The zero-order valence-corrected chi connectivity index (χ0v) is 15.9. The SMILES string of the molecule is O=C1[C@@H]2[C@@H]3CC[C@@H](C3)[C@@H]2C(=O)N1c1ccc(Oc2ccc(Cl)cc2Cl)cc1. The van der Waals surface area contributed by atoms with Gasteiger partial charge < -0.3 is 4.74 Å². The topological polar surface area (TPSA) is 46.6 Å². The third kappa shape index (κ3) is 2.66. The van der Waals surface area contributed by atoms with Gasteiger partial charge in [0.2, 0.25) is 11.8 Å². The van der Waals surface area contributed by atoms with Crippen molar-refractivity contribution in [2.75, 3.05) is 4.90 Å². The van der Waals surface area contributed by atoms with E-state index in [0.29, 0.717) is 39.1 Å². The summed E-state index contributed by atoms with van der Waals surface area (Å²) in [7, 11) is 0. The number of rotatable bonds is 3. The van der Waals surface area contributed by atoms with Crippen LogP contribution in [0.1, 0.15) is 19.3 Å². The van der Waals surface area contributed by atoms with E-state index in [0.717, 1.165) is 19.3 Å². The van der Waals surface area contributed by atoms with E-state index in [1.807, 2.05) is 0 Å². The Morgan fingerprint density at radius 1 is 0.889 bits per heavy atom. The lowest BCUT2D eigenvalue weighted by atomic mass is 9.81. The fourth-order valence-electron chi connectivity index (χ4n) is 5.01. The molecule has 1 heterocycles. The number of imide groups is 1. The molecule has 2 bridgehead atoms. The van der Waals surface area contributed by atoms with Crippen LogP contribution in [0.4, 0.5) is 5.69 Å². The minimum absolute atomic E-state index is 0.0355. The Morgan fingerprint density at radius 2 is 1.52 bits per heavy atom. The lowest BCUT2D eigenvalue weighted by Gasteiger charge is -2.19. The quantitative estimate of drug-likeness (QED) is 0.653. The third-order valence-electron chi connectivity index (χ3n) is 6.14. The van der Waals surface area contributed by atoms with Crippen molar-refractivity contribution >= 4 is 40.7 Å². The Balaban J connectivity index is 1.38. The molecule has 0 unspecified atom stereocenters. The zero-order chi connectivity index (χ0) is 18.7. The van der Waals surface area contributed by atoms with E-state index in [4.69, 9.17) is 27.9 Å². The summed E-state index contributed by atoms with van der Waals surface area (Å²) in [5.41, 5.74) is 0.605. The average molecular weight is 402 g/mol. The molecule has 2 aliphatic carbocycles. The number of ether oxygens (including phenoxy) is 1. The minimum atomic E-state index is -0.111. The summed E-state index contributed by atoms with van der Waals surface area (Å²) in [6, 6.07) is 12.0. The number of hydrogen-bond donors (Lipinski definition) is 0. The summed E-state index contributed by atoms with van der Waals surface area (Å²) >= 11 is 12.0. The van der Waals surface area contributed by atoms with Gasteiger partial charge in [0.1, 0.15) is 11.5 Å². The van der Waals surface area contributed by atoms with E-state index in [-0.39, 0.29) is 23.7 Å². The second-order valence-electron chi connectivity index (χ2n) is 7.57. The van der Waals surface area contributed by atoms with Crippen molar-refractivity contribution in [3.05, 3.63) is 52.5 Å². The molecule has 138 valence electrons. The third-order valence-corrected chi connectivity index (χ3v) is 6.67. The van der Waals surface area contributed by atoms with Crippen LogP contribution in [0.5, 0.6) is 11.5 Å². The highest BCUT2D eigenvalue weighted by Crippen LogP contribution is 2.56. The molecule has 2 aromatic rings. The van der Waals surface area contributed by atoms with Gasteiger partial charge in [0.25, 0.3) is 0 Å². The van der Waals surface area contributed by atoms with E-state index < -0.39 is 0 Å². The van der Waals surface area contributed by atoms with Crippen molar-refractivity contribution in [3.63, 3.8) is 0 Å². The Kier molecular flexibility index (Phi) is 3.95. The first-order valence-electron chi connectivity index (χ1n) is 9.14. The first-order chi connectivity index (χ1) is 13.0. The van der Waals surface area contributed by atoms with E-state index in [1.54, 1.807) is 42.5 Å². The van der Waals surface area contributed by atoms with Crippen LogP contribution in [0.15, 0.2) is 42.5 Å². The summed E-state index contributed by atoms with van der Waals surface area (Å²) in [6.45, 7) is 0. The van der Waals surface area contributed by atoms with Crippen LogP contribution in [-0.2, 0) is 9.59 Å². The van der Waals surface area contributed by atoms with Gasteiger partial charge in [-0.15, -0.1) is 0 Å². The van der Waals surface area contributed by atoms with E-state index in [1.165, 1.54) is 4.90 Å². The molecule has 3 aliphatic rings. The normalized spacial score (nSPS) is 28.7. The first kappa shape index (κ1) is 17.1. The molecular formula is C21H17Cl2NO3. The van der Waals surface area contributed by atoms with Crippen molar-refractivity contribution in [1.82, 2.24) is 0 Å². The van der Waals surface area contributed by atoms with Gasteiger partial charge in [-0.1, -0.05) is 23.2 Å². The molecule has 27 heavy (non-hydrogen) atoms. The predicted molar refractivity (Wildman–Crippen MR) is 103 cm³/mol. The number of carbonyl (C=O) groups excluding carboxylic acids is 2. The Labute approximate surface area is 167 Å². The maximum Gasteiger partial charge on any atom is 0.237 e. The molecule has 0 N–H and O–H groups in total. The van der Waals surface area contributed by atoms with Gasteiger partial charge in [0, 0.05) is 5.02 Å². The van der Waals surface area contributed by atoms with Crippen LogP contribution in [0.2, 0.25) is 10.0 Å². The van der Waals surface area contributed by atoms with E-state index in [2.05, 4.69) is 0 Å². The maximum atomic E-state index is 12.9. The van der Waals surface area contributed by atoms with Crippen LogP contribution < -0.4 is 9.64 Å². The summed E-state index contributed by atoms with van der Waals surface area (Å²) in [4.78, 5) is 27.1. The lowest BCUT2D eigenvalue weighted by molar-refractivity contribution is -0.123. The largest absolute Gasteiger partial charge is 0.456 e. The number of hydrogen-bond acceptors (Lipinski definition) is 3. The fourth-order valence-corrected chi connectivity index (χ4v) is 5.46. The monoisotopic (exact) mass is 401 g/mol. The Hall–Kier alpha value is -2.04. The number of fused-ring (bicyclic) bond motifs is 5. The Morgan fingerprint density at radius 3 is 2.11 bits per heavy atom. The molecule has 2 aromatic carbocycles. The smallest absolute Gasteiger partial charge is 0.237 e. The standard InChI is InChI=1S/C21H17Cl2NO3/c22-13-3-8-17(16(23)10-13)27-15-6-4-14(5-7-15)24-20(25)18-11-1-2-12(9-11)19(18)21(24)26/h3-8,10-12,18-19H,1-2,9H2/t11-,12+,18-,19+. The molecule has 4 nitrogen and oxygen atoms in total. The highest BCUT2D eigenvalue weighted by molar-refractivity contribution is 6.35. The van der Waals surface area contributed by atoms with Gasteiger partial charge in [-0.05, 0) is 73.6 Å². The molecule has 1 saturated heterocycles. The van der Waals surface area contributed by atoms with E-state index >= 15 is 0 Å². The number of benzene rings is 2. The molecule has 0 aromatic heterocycles. The second kappa shape index (κ2) is 6.25. The van der Waals surface area contributed by atoms with Crippen molar-refractivity contribution in [1.29, 1.82) is 0 Å². The zero-order valence-electron chi connectivity index (χ0n) is 14.4. The van der Waals surface area contributed by atoms with Crippen molar-refractivity contribution < 1.29 is 14.3 Å². The molecule has 0 radical (unpaired) electrons. The van der Waals surface area contributed by atoms with Gasteiger partial charge in [0.15, 0.2) is 0 Å². The summed E-state index contributed by atoms with van der Waals surface area (Å²) < 4.78 is 5.78. The lowest BCUT2D eigenvalue weighted by Crippen LogP contribution is -2.32. The number of amides is 2. The molecule has 4 atom stereocenters. The van der Waals surface area contributed by atoms with Gasteiger partial charge in [-0.25, -0.2) is 0 Å². The number of carbonyl (C=O) groups is 2. The minimum Gasteiger partial charge on any atom is -0.456 e. The highest BCUT2D eigenvalue weighted by Gasteiger charge is 2.61. The number of halogens is 2. The molecule has 3 fully saturated rings. The molecule has 2 saturated carbocycles. The van der Waals surface area contributed by atoms with Crippen molar-refractivity contribution in [2.24, 2.45) is 23.7 Å². The Bertz CT molecular complexity index is 915. The fraction of sp³-hybridized carbons (Fsp3) is 0.333. The van der Waals surface area contributed by atoms with Crippen LogP contribution in [-0.4, -0.2) is 11.8 Å². The molecule has 5 rings (SSSR count). The van der Waals surface area contributed by atoms with Crippen LogP contribution in [0.3, 0.4) is 0 Å². The molecule has 0 spiro atoms. The molecule has 1 aliphatic heterocycles. The van der Waals surface area contributed by atoms with Gasteiger partial charge in [-0.2, -0.15) is 0 Å². The molecule has 2 amide bonds.